The van der Waals surface area contributed by atoms with Crippen LogP contribution in [0.15, 0.2) is 71.3 Å². The molecular formula is C25H26N2O5. The number of carbonyl (C=O) groups excluding carboxylic acids is 3. The third-order valence-corrected chi connectivity index (χ3v) is 5.07. The maximum atomic E-state index is 12.6. The molecule has 32 heavy (non-hydrogen) atoms. The highest BCUT2D eigenvalue weighted by molar-refractivity contribution is 6.03. The van der Waals surface area contributed by atoms with E-state index >= 15 is 0 Å². The van der Waals surface area contributed by atoms with Gasteiger partial charge in [0.25, 0.3) is 11.8 Å². The molecule has 3 aromatic rings. The molecule has 0 saturated heterocycles. The average molecular weight is 434 g/mol. The fourth-order valence-corrected chi connectivity index (χ4v) is 3.05. The van der Waals surface area contributed by atoms with Gasteiger partial charge in [0.1, 0.15) is 0 Å². The average Bonchev–Trinajstić information content (AvgIpc) is 3.34. The fraction of sp³-hybridized carbons (Fsp3) is 0.240. The van der Waals surface area contributed by atoms with Crippen molar-refractivity contribution in [2.24, 2.45) is 0 Å². The van der Waals surface area contributed by atoms with Crippen molar-refractivity contribution in [3.63, 3.8) is 0 Å². The Bertz CT molecular complexity index is 1080. The van der Waals surface area contributed by atoms with Gasteiger partial charge < -0.3 is 19.8 Å². The Balaban J connectivity index is 1.57. The van der Waals surface area contributed by atoms with Gasteiger partial charge in [0.2, 0.25) is 0 Å². The van der Waals surface area contributed by atoms with E-state index in [1.54, 1.807) is 31.2 Å². The van der Waals surface area contributed by atoms with E-state index in [4.69, 9.17) is 9.15 Å². The number of ether oxygens (including phenoxy) is 1. The number of rotatable bonds is 8. The Morgan fingerprint density at radius 3 is 2.44 bits per heavy atom. The molecule has 2 N–H and O–H groups in total. The Kier molecular flexibility index (Phi) is 7.44. The van der Waals surface area contributed by atoms with Crippen LogP contribution in [0.25, 0.3) is 0 Å². The van der Waals surface area contributed by atoms with Crippen LogP contribution in [0.1, 0.15) is 51.8 Å². The number of carbonyl (C=O) groups is 3. The zero-order chi connectivity index (χ0) is 23.1. The first-order valence-corrected chi connectivity index (χ1v) is 10.3. The van der Waals surface area contributed by atoms with Crippen molar-refractivity contribution in [2.75, 3.05) is 11.9 Å². The Morgan fingerprint density at radius 2 is 1.75 bits per heavy atom. The molecule has 0 aliphatic carbocycles. The van der Waals surface area contributed by atoms with E-state index in [1.165, 1.54) is 19.3 Å². The summed E-state index contributed by atoms with van der Waals surface area (Å²) in [6.45, 7) is 5.76. The van der Waals surface area contributed by atoms with Crippen LogP contribution < -0.4 is 10.6 Å². The van der Waals surface area contributed by atoms with Gasteiger partial charge in [-0.1, -0.05) is 43.3 Å². The summed E-state index contributed by atoms with van der Waals surface area (Å²) in [4.78, 5) is 37.2. The van der Waals surface area contributed by atoms with Crippen molar-refractivity contribution in [2.45, 2.75) is 32.8 Å². The van der Waals surface area contributed by atoms with Gasteiger partial charge in [-0.3, -0.25) is 9.59 Å². The number of aryl methyl sites for hydroxylation is 1. The number of esters is 1. The van der Waals surface area contributed by atoms with Crippen molar-refractivity contribution in [1.82, 2.24) is 5.32 Å². The Morgan fingerprint density at radius 1 is 1.00 bits per heavy atom. The molecular weight excluding hydrogens is 408 g/mol. The standard InChI is InChI=1S/C25H26N2O5/c1-16-11-12-20(14-21(16)27-24(29)22-10-7-13-31-22)25(30)32-18(3)23(28)26-15-17(2)19-8-5-4-6-9-19/h4-14,17-18H,15H2,1-3H3,(H,26,28)(H,27,29)/t17-,18-/m1/s1. The van der Waals surface area contributed by atoms with Crippen LogP contribution in [0.3, 0.4) is 0 Å². The van der Waals surface area contributed by atoms with E-state index in [1.807, 2.05) is 37.3 Å². The molecule has 7 heteroatoms. The lowest BCUT2D eigenvalue weighted by molar-refractivity contribution is -0.129. The zero-order valence-electron chi connectivity index (χ0n) is 18.3. The first kappa shape index (κ1) is 22.8. The normalized spacial score (nSPS) is 12.5. The fourth-order valence-electron chi connectivity index (χ4n) is 3.05. The molecule has 0 radical (unpaired) electrons. The topological polar surface area (TPSA) is 97.6 Å². The molecule has 2 aromatic carbocycles. The first-order valence-electron chi connectivity index (χ1n) is 10.3. The molecule has 0 aliphatic rings. The molecule has 0 spiro atoms. The minimum absolute atomic E-state index is 0.125. The molecule has 0 aliphatic heterocycles. The molecule has 166 valence electrons. The van der Waals surface area contributed by atoms with Gasteiger partial charge in [0.15, 0.2) is 11.9 Å². The summed E-state index contributed by atoms with van der Waals surface area (Å²) in [5, 5.41) is 5.53. The molecule has 2 atom stereocenters. The van der Waals surface area contributed by atoms with Gasteiger partial charge in [-0.15, -0.1) is 0 Å². The Labute approximate surface area is 186 Å². The van der Waals surface area contributed by atoms with Crippen molar-refractivity contribution < 1.29 is 23.5 Å². The summed E-state index contributed by atoms with van der Waals surface area (Å²) >= 11 is 0. The van der Waals surface area contributed by atoms with Crippen LogP contribution in [0, 0.1) is 6.92 Å². The van der Waals surface area contributed by atoms with Crippen LogP contribution in [0.2, 0.25) is 0 Å². The van der Waals surface area contributed by atoms with Crippen molar-refractivity contribution in [3.8, 4) is 0 Å². The van der Waals surface area contributed by atoms with E-state index in [0.717, 1.165) is 11.1 Å². The molecule has 2 amide bonds. The number of furan rings is 1. The number of nitrogens with one attached hydrogen (secondary N) is 2. The molecule has 0 unspecified atom stereocenters. The second-order valence-corrected chi connectivity index (χ2v) is 7.57. The highest BCUT2D eigenvalue weighted by Gasteiger charge is 2.20. The van der Waals surface area contributed by atoms with E-state index in [2.05, 4.69) is 10.6 Å². The van der Waals surface area contributed by atoms with Crippen molar-refractivity contribution >= 4 is 23.5 Å². The second kappa shape index (κ2) is 10.4. The van der Waals surface area contributed by atoms with Gasteiger partial charge in [-0.05, 0) is 55.2 Å². The third kappa shape index (κ3) is 5.85. The minimum atomic E-state index is -0.965. The summed E-state index contributed by atoms with van der Waals surface area (Å²) in [6.07, 6.45) is 0.440. The van der Waals surface area contributed by atoms with Crippen LogP contribution >= 0.6 is 0 Å². The molecule has 0 fully saturated rings. The van der Waals surface area contributed by atoms with Crippen LogP contribution in [-0.2, 0) is 9.53 Å². The lowest BCUT2D eigenvalue weighted by Crippen LogP contribution is -2.37. The van der Waals surface area contributed by atoms with Crippen LogP contribution in [0.4, 0.5) is 5.69 Å². The minimum Gasteiger partial charge on any atom is -0.459 e. The predicted molar refractivity (Wildman–Crippen MR) is 121 cm³/mol. The molecule has 1 heterocycles. The molecule has 1 aromatic heterocycles. The van der Waals surface area contributed by atoms with Crippen LogP contribution in [0.5, 0.6) is 0 Å². The lowest BCUT2D eigenvalue weighted by atomic mass is 10.0. The number of anilines is 1. The van der Waals surface area contributed by atoms with Gasteiger partial charge in [-0.2, -0.15) is 0 Å². The number of hydrogen-bond donors (Lipinski definition) is 2. The molecule has 0 bridgehead atoms. The zero-order valence-corrected chi connectivity index (χ0v) is 18.3. The van der Waals surface area contributed by atoms with Gasteiger partial charge in [-0.25, -0.2) is 4.79 Å². The molecule has 3 rings (SSSR count). The highest BCUT2D eigenvalue weighted by atomic mass is 16.5. The summed E-state index contributed by atoms with van der Waals surface area (Å²) < 4.78 is 10.4. The van der Waals surface area contributed by atoms with E-state index in [-0.39, 0.29) is 23.1 Å². The second-order valence-electron chi connectivity index (χ2n) is 7.57. The number of amides is 2. The quantitative estimate of drug-likeness (QED) is 0.515. The smallest absolute Gasteiger partial charge is 0.338 e. The molecule has 7 nitrogen and oxygen atoms in total. The summed E-state index contributed by atoms with van der Waals surface area (Å²) in [5.41, 5.74) is 2.56. The maximum absolute atomic E-state index is 12.6. The summed E-state index contributed by atoms with van der Waals surface area (Å²) in [7, 11) is 0. The predicted octanol–water partition coefficient (Wildman–Crippen LogP) is 4.31. The number of benzene rings is 2. The SMILES string of the molecule is Cc1ccc(C(=O)O[C@H](C)C(=O)NC[C@@H](C)c2ccccc2)cc1NC(=O)c1ccco1. The van der Waals surface area contributed by atoms with Crippen LogP contribution in [-0.4, -0.2) is 30.4 Å². The summed E-state index contributed by atoms with van der Waals surface area (Å²) in [6, 6.07) is 17.8. The van der Waals surface area contributed by atoms with Gasteiger partial charge in [0.05, 0.1) is 11.8 Å². The van der Waals surface area contributed by atoms with E-state index in [0.29, 0.717) is 12.2 Å². The van der Waals surface area contributed by atoms with Crippen molar-refractivity contribution in [1.29, 1.82) is 0 Å². The third-order valence-electron chi connectivity index (χ3n) is 5.07. The largest absolute Gasteiger partial charge is 0.459 e. The van der Waals surface area contributed by atoms with E-state index in [9.17, 15) is 14.4 Å². The highest BCUT2D eigenvalue weighted by Crippen LogP contribution is 2.19. The van der Waals surface area contributed by atoms with Gasteiger partial charge >= 0.3 is 5.97 Å². The monoisotopic (exact) mass is 434 g/mol. The first-order chi connectivity index (χ1) is 15.3. The van der Waals surface area contributed by atoms with Crippen molar-refractivity contribution in [3.05, 3.63) is 89.4 Å². The van der Waals surface area contributed by atoms with E-state index < -0.39 is 18.0 Å². The molecule has 0 saturated carbocycles. The van der Waals surface area contributed by atoms with Gasteiger partial charge in [0, 0.05) is 12.2 Å². The lowest BCUT2D eigenvalue weighted by Gasteiger charge is -2.17. The summed E-state index contributed by atoms with van der Waals surface area (Å²) in [5.74, 6) is -1.17. The maximum Gasteiger partial charge on any atom is 0.338 e. The number of hydrogen-bond acceptors (Lipinski definition) is 5. The Hall–Kier alpha value is -3.87.